The van der Waals surface area contributed by atoms with E-state index in [1.165, 1.54) is 0 Å². The normalized spacial score (nSPS) is 14.9. The van der Waals surface area contributed by atoms with E-state index in [0.29, 0.717) is 0 Å². The van der Waals surface area contributed by atoms with Crippen molar-refractivity contribution >= 4 is 16.7 Å². The molecule has 1 saturated heterocycles. The number of H-pyrrole nitrogens is 1. The number of fused-ring (bicyclic) bond motifs is 1. The van der Waals surface area contributed by atoms with Gasteiger partial charge in [0.25, 0.3) is 0 Å². The lowest BCUT2D eigenvalue weighted by Crippen LogP contribution is -2.19. The van der Waals surface area contributed by atoms with Crippen molar-refractivity contribution in [3.8, 4) is 11.4 Å². The third-order valence-electron chi connectivity index (χ3n) is 4.39. The summed E-state index contributed by atoms with van der Waals surface area (Å²) in [5, 5.41) is 0. The first-order valence-electron chi connectivity index (χ1n) is 7.72. The molecule has 1 N–H and O–H groups in total. The van der Waals surface area contributed by atoms with Crippen molar-refractivity contribution in [2.75, 3.05) is 18.0 Å². The summed E-state index contributed by atoms with van der Waals surface area (Å²) in [6, 6.07) is 11.4. The Bertz CT molecular complexity index is 798. The molecule has 3 nitrogen and oxygen atoms in total. The highest BCUT2D eigenvalue weighted by atomic mass is 19.1. The van der Waals surface area contributed by atoms with Crippen molar-refractivity contribution in [2.24, 2.45) is 0 Å². The monoisotopic (exact) mass is 295 g/mol. The van der Waals surface area contributed by atoms with E-state index >= 15 is 0 Å². The highest BCUT2D eigenvalue weighted by molar-refractivity contribution is 5.80. The van der Waals surface area contributed by atoms with Crippen LogP contribution >= 0.6 is 0 Å². The Morgan fingerprint density at radius 3 is 2.68 bits per heavy atom. The average Bonchev–Trinajstić information content (AvgIpc) is 3.17. The number of aryl methyl sites for hydroxylation is 1. The third kappa shape index (κ3) is 2.15. The van der Waals surface area contributed by atoms with Gasteiger partial charge in [0, 0.05) is 18.7 Å². The van der Waals surface area contributed by atoms with Gasteiger partial charge in [-0.15, -0.1) is 0 Å². The Morgan fingerprint density at radius 1 is 1.14 bits per heavy atom. The van der Waals surface area contributed by atoms with Gasteiger partial charge in [-0.3, -0.25) is 0 Å². The summed E-state index contributed by atoms with van der Waals surface area (Å²) in [6.07, 6.45) is 2.29. The predicted octanol–water partition coefficient (Wildman–Crippen LogP) is 4.28. The van der Waals surface area contributed by atoms with Crippen molar-refractivity contribution in [1.29, 1.82) is 0 Å². The number of imidazole rings is 1. The van der Waals surface area contributed by atoms with Gasteiger partial charge in [-0.05, 0) is 49.6 Å². The first kappa shape index (κ1) is 13.3. The van der Waals surface area contributed by atoms with Crippen LogP contribution in [-0.4, -0.2) is 23.1 Å². The molecule has 0 spiro atoms. The van der Waals surface area contributed by atoms with Gasteiger partial charge in [0.2, 0.25) is 0 Å². The van der Waals surface area contributed by atoms with E-state index < -0.39 is 0 Å². The molecule has 3 aromatic rings. The number of nitrogens with zero attached hydrogens (tertiary/aromatic N) is 2. The minimum absolute atomic E-state index is 0.164. The smallest absolute Gasteiger partial charge is 0.147 e. The molecule has 2 heterocycles. The Morgan fingerprint density at radius 2 is 1.91 bits per heavy atom. The zero-order valence-corrected chi connectivity index (χ0v) is 12.6. The lowest BCUT2D eigenvalue weighted by Gasteiger charge is -2.19. The number of hydrogen-bond donors (Lipinski definition) is 1. The minimum Gasteiger partial charge on any atom is -0.369 e. The van der Waals surface area contributed by atoms with Crippen LogP contribution in [0.25, 0.3) is 22.4 Å². The summed E-state index contributed by atoms with van der Waals surface area (Å²) in [4.78, 5) is 9.98. The Kier molecular flexibility index (Phi) is 3.10. The zero-order chi connectivity index (χ0) is 15.1. The molecule has 0 bridgehead atoms. The van der Waals surface area contributed by atoms with E-state index in [4.69, 9.17) is 0 Å². The molecule has 1 aliphatic heterocycles. The minimum atomic E-state index is -0.164. The summed E-state index contributed by atoms with van der Waals surface area (Å²) < 4.78 is 14.5. The number of rotatable bonds is 2. The maximum absolute atomic E-state index is 14.5. The quantitative estimate of drug-likeness (QED) is 0.765. The van der Waals surface area contributed by atoms with Gasteiger partial charge in [0.1, 0.15) is 11.6 Å². The number of nitrogens with one attached hydrogen (secondary N) is 1. The number of aromatic nitrogens is 2. The van der Waals surface area contributed by atoms with Gasteiger partial charge < -0.3 is 9.88 Å². The zero-order valence-electron chi connectivity index (χ0n) is 12.6. The Hall–Kier alpha value is -2.36. The molecule has 2 aromatic carbocycles. The van der Waals surface area contributed by atoms with Crippen LogP contribution in [0.5, 0.6) is 0 Å². The van der Waals surface area contributed by atoms with Crippen LogP contribution in [0.1, 0.15) is 18.4 Å². The van der Waals surface area contributed by atoms with E-state index in [1.54, 1.807) is 6.07 Å². The maximum atomic E-state index is 14.5. The average molecular weight is 295 g/mol. The fourth-order valence-corrected chi connectivity index (χ4v) is 3.20. The summed E-state index contributed by atoms with van der Waals surface area (Å²) in [5.41, 5.74) is 4.47. The van der Waals surface area contributed by atoms with Crippen molar-refractivity contribution < 1.29 is 4.39 Å². The van der Waals surface area contributed by atoms with E-state index in [0.717, 1.165) is 59.6 Å². The van der Waals surface area contributed by atoms with Gasteiger partial charge in [-0.1, -0.05) is 12.1 Å². The first-order valence-corrected chi connectivity index (χ1v) is 7.72. The van der Waals surface area contributed by atoms with Crippen molar-refractivity contribution in [3.05, 3.63) is 47.8 Å². The molecule has 1 aromatic heterocycles. The molecule has 0 saturated carbocycles. The number of hydrogen-bond acceptors (Lipinski definition) is 2. The summed E-state index contributed by atoms with van der Waals surface area (Å²) in [7, 11) is 0. The van der Waals surface area contributed by atoms with Crippen LogP contribution in [-0.2, 0) is 0 Å². The number of benzene rings is 2. The van der Waals surface area contributed by atoms with Gasteiger partial charge in [0.05, 0.1) is 16.7 Å². The molecule has 0 radical (unpaired) electrons. The van der Waals surface area contributed by atoms with E-state index in [9.17, 15) is 4.39 Å². The Labute approximate surface area is 128 Å². The number of halogens is 1. The lowest BCUT2D eigenvalue weighted by molar-refractivity contribution is 0.623. The SMILES string of the molecule is Cc1cc(N2CCCC2)c(F)cc1-c1nc2ccccc2[nH]1. The van der Waals surface area contributed by atoms with Crippen LogP contribution in [0.3, 0.4) is 0 Å². The fraction of sp³-hybridized carbons (Fsp3) is 0.278. The second-order valence-corrected chi connectivity index (χ2v) is 5.92. The van der Waals surface area contributed by atoms with Crippen molar-refractivity contribution in [3.63, 3.8) is 0 Å². The summed E-state index contributed by atoms with van der Waals surface area (Å²) in [5.74, 6) is 0.563. The molecule has 0 amide bonds. The van der Waals surface area contributed by atoms with Crippen LogP contribution in [0.4, 0.5) is 10.1 Å². The molecular weight excluding hydrogens is 277 g/mol. The van der Waals surface area contributed by atoms with Crippen LogP contribution in [0.2, 0.25) is 0 Å². The van der Waals surface area contributed by atoms with Gasteiger partial charge in [-0.2, -0.15) is 0 Å². The van der Waals surface area contributed by atoms with Gasteiger partial charge >= 0.3 is 0 Å². The molecule has 4 heteroatoms. The maximum Gasteiger partial charge on any atom is 0.147 e. The number of para-hydroxylation sites is 2. The van der Waals surface area contributed by atoms with Gasteiger partial charge in [0.15, 0.2) is 0 Å². The third-order valence-corrected chi connectivity index (χ3v) is 4.39. The summed E-state index contributed by atoms with van der Waals surface area (Å²) >= 11 is 0. The standard InChI is InChI=1S/C18H18FN3/c1-12-10-17(22-8-4-5-9-22)14(19)11-13(12)18-20-15-6-2-3-7-16(15)21-18/h2-3,6-7,10-11H,4-5,8-9H2,1H3,(H,20,21). The van der Waals surface area contributed by atoms with E-state index in [2.05, 4.69) is 14.9 Å². The molecule has 4 rings (SSSR count). The van der Waals surface area contributed by atoms with Gasteiger partial charge in [-0.25, -0.2) is 9.37 Å². The molecule has 22 heavy (non-hydrogen) atoms. The molecular formula is C18H18FN3. The van der Waals surface area contributed by atoms with Crippen molar-refractivity contribution in [2.45, 2.75) is 19.8 Å². The highest BCUT2D eigenvalue weighted by Gasteiger charge is 2.19. The molecule has 1 aliphatic rings. The van der Waals surface area contributed by atoms with Crippen LogP contribution < -0.4 is 4.90 Å². The van der Waals surface area contributed by atoms with Crippen molar-refractivity contribution in [1.82, 2.24) is 9.97 Å². The first-order chi connectivity index (χ1) is 10.7. The Balaban J connectivity index is 1.80. The largest absolute Gasteiger partial charge is 0.369 e. The fourth-order valence-electron chi connectivity index (χ4n) is 3.20. The second-order valence-electron chi connectivity index (χ2n) is 5.92. The topological polar surface area (TPSA) is 31.9 Å². The number of anilines is 1. The molecule has 0 atom stereocenters. The number of aromatic amines is 1. The summed E-state index contributed by atoms with van der Waals surface area (Å²) in [6.45, 7) is 3.90. The van der Waals surface area contributed by atoms with E-state index in [-0.39, 0.29) is 5.82 Å². The van der Waals surface area contributed by atoms with Crippen LogP contribution in [0.15, 0.2) is 36.4 Å². The predicted molar refractivity (Wildman–Crippen MR) is 87.7 cm³/mol. The molecule has 0 aliphatic carbocycles. The second kappa shape index (κ2) is 5.13. The molecule has 112 valence electrons. The highest BCUT2D eigenvalue weighted by Crippen LogP contribution is 2.31. The lowest BCUT2D eigenvalue weighted by atomic mass is 10.1. The molecule has 0 unspecified atom stereocenters. The van der Waals surface area contributed by atoms with Crippen LogP contribution in [0, 0.1) is 12.7 Å². The molecule has 1 fully saturated rings. The van der Waals surface area contributed by atoms with E-state index in [1.807, 2.05) is 37.3 Å².